The number of guanidine groups is 1. The monoisotopic (exact) mass is 445 g/mol. The van der Waals surface area contributed by atoms with Crippen LogP contribution < -0.4 is 10.6 Å². The lowest BCUT2D eigenvalue weighted by atomic mass is 10.1. The van der Waals surface area contributed by atoms with E-state index in [2.05, 4.69) is 15.6 Å². The predicted octanol–water partition coefficient (Wildman–Crippen LogP) is 3.81. The highest BCUT2D eigenvalue weighted by atomic mass is 32.2. The number of aliphatic imine (C=N–C) groups is 1. The third-order valence-electron chi connectivity index (χ3n) is 4.23. The van der Waals surface area contributed by atoms with E-state index in [0.29, 0.717) is 18.2 Å². The molecule has 0 unspecified atom stereocenters. The molecule has 0 aliphatic heterocycles. The van der Waals surface area contributed by atoms with Gasteiger partial charge in [0.2, 0.25) is 0 Å². The Bertz CT molecular complexity index is 1030. The van der Waals surface area contributed by atoms with Crippen LogP contribution in [0.3, 0.4) is 0 Å². The van der Waals surface area contributed by atoms with Crippen molar-refractivity contribution in [3.8, 4) is 0 Å². The van der Waals surface area contributed by atoms with E-state index in [4.69, 9.17) is 0 Å². The summed E-state index contributed by atoms with van der Waals surface area (Å²) in [5, 5.41) is 5.74. The summed E-state index contributed by atoms with van der Waals surface area (Å²) in [6.07, 6.45) is -3.54. The molecule has 0 heterocycles. The Kier molecular flexibility index (Phi) is 7.46. The van der Waals surface area contributed by atoms with Gasteiger partial charge in [-0.05, 0) is 48.7 Å². The van der Waals surface area contributed by atoms with Crippen LogP contribution >= 0.6 is 0 Å². The van der Waals surface area contributed by atoms with Gasteiger partial charge in [0.15, 0.2) is 15.8 Å². The zero-order valence-corrected chi connectivity index (χ0v) is 17.6. The second kappa shape index (κ2) is 9.46. The second-order valence-corrected chi connectivity index (χ2v) is 8.70. The Morgan fingerprint density at radius 1 is 1.10 bits per heavy atom. The molecule has 0 aliphatic rings. The minimum Gasteiger partial charge on any atom is -0.357 e. The molecule has 164 valence electrons. The van der Waals surface area contributed by atoms with Crippen molar-refractivity contribution >= 4 is 15.8 Å². The summed E-state index contributed by atoms with van der Waals surface area (Å²) < 4.78 is 76.1. The van der Waals surface area contributed by atoms with Crippen LogP contribution in [0.2, 0.25) is 0 Å². The molecule has 2 aromatic carbocycles. The molecule has 2 rings (SSSR count). The van der Waals surface area contributed by atoms with Gasteiger partial charge in [-0.2, -0.15) is 13.2 Å². The highest BCUT2D eigenvalue weighted by Crippen LogP contribution is 2.32. The zero-order chi connectivity index (χ0) is 22.5. The van der Waals surface area contributed by atoms with E-state index in [-0.39, 0.29) is 29.5 Å². The number of halogens is 4. The summed E-state index contributed by atoms with van der Waals surface area (Å²) in [6.45, 7) is 3.96. The quantitative estimate of drug-likeness (QED) is 0.403. The SMILES string of the molecule is CCNC(=NCc1ccc(S(C)(=O)=O)c(C)c1)NCc1ccc(F)cc1C(F)(F)F. The number of benzene rings is 2. The van der Waals surface area contributed by atoms with E-state index >= 15 is 0 Å². The highest BCUT2D eigenvalue weighted by molar-refractivity contribution is 7.90. The fourth-order valence-corrected chi connectivity index (χ4v) is 3.84. The van der Waals surface area contributed by atoms with E-state index in [1.807, 2.05) is 0 Å². The third kappa shape index (κ3) is 6.45. The molecule has 0 amide bonds. The van der Waals surface area contributed by atoms with Crippen LogP contribution in [-0.4, -0.2) is 27.2 Å². The van der Waals surface area contributed by atoms with Crippen LogP contribution in [-0.2, 0) is 29.1 Å². The molecule has 0 saturated carbocycles. The van der Waals surface area contributed by atoms with Crippen LogP contribution in [0.25, 0.3) is 0 Å². The van der Waals surface area contributed by atoms with E-state index in [0.717, 1.165) is 24.0 Å². The maximum atomic E-state index is 13.2. The van der Waals surface area contributed by atoms with Gasteiger partial charge in [0.1, 0.15) is 5.82 Å². The fraction of sp³-hybridized carbons (Fsp3) is 0.350. The maximum absolute atomic E-state index is 13.2. The number of alkyl halides is 3. The second-order valence-electron chi connectivity index (χ2n) is 6.72. The van der Waals surface area contributed by atoms with Crippen molar-refractivity contribution in [2.75, 3.05) is 12.8 Å². The molecule has 5 nitrogen and oxygen atoms in total. The van der Waals surface area contributed by atoms with E-state index < -0.39 is 27.4 Å². The first-order valence-corrected chi connectivity index (χ1v) is 11.0. The average Bonchev–Trinajstić information content (AvgIpc) is 2.63. The van der Waals surface area contributed by atoms with E-state index in [1.54, 1.807) is 26.0 Å². The first kappa shape index (κ1) is 23.7. The predicted molar refractivity (Wildman–Crippen MR) is 107 cm³/mol. The normalized spacial score (nSPS) is 12.7. The molecule has 0 atom stereocenters. The van der Waals surface area contributed by atoms with Gasteiger partial charge in [-0.1, -0.05) is 18.2 Å². The largest absolute Gasteiger partial charge is 0.416 e. The number of rotatable bonds is 6. The number of hydrogen-bond acceptors (Lipinski definition) is 3. The molecule has 0 spiro atoms. The van der Waals surface area contributed by atoms with Crippen LogP contribution in [0.5, 0.6) is 0 Å². The van der Waals surface area contributed by atoms with Crippen LogP contribution in [0.15, 0.2) is 46.3 Å². The Hall–Kier alpha value is -2.62. The molecule has 0 aromatic heterocycles. The van der Waals surface area contributed by atoms with Crippen molar-refractivity contribution in [3.63, 3.8) is 0 Å². The topological polar surface area (TPSA) is 70.6 Å². The van der Waals surface area contributed by atoms with Gasteiger partial charge >= 0.3 is 6.18 Å². The lowest BCUT2D eigenvalue weighted by Crippen LogP contribution is -2.37. The van der Waals surface area contributed by atoms with Gasteiger partial charge in [-0.3, -0.25) is 0 Å². The summed E-state index contributed by atoms with van der Waals surface area (Å²) in [7, 11) is -3.33. The molecule has 0 saturated heterocycles. The van der Waals surface area contributed by atoms with E-state index in [9.17, 15) is 26.0 Å². The van der Waals surface area contributed by atoms with Crippen molar-refractivity contribution in [1.82, 2.24) is 10.6 Å². The Morgan fingerprint density at radius 3 is 2.37 bits per heavy atom. The lowest BCUT2D eigenvalue weighted by molar-refractivity contribution is -0.138. The van der Waals surface area contributed by atoms with Crippen LogP contribution in [0, 0.1) is 12.7 Å². The molecule has 10 heteroatoms. The number of sulfone groups is 1. The molecule has 0 radical (unpaired) electrons. The minimum absolute atomic E-state index is 0.108. The molecule has 0 fully saturated rings. The molecule has 2 aromatic rings. The van der Waals surface area contributed by atoms with Gasteiger partial charge in [-0.25, -0.2) is 17.8 Å². The smallest absolute Gasteiger partial charge is 0.357 e. The lowest BCUT2D eigenvalue weighted by Gasteiger charge is -2.16. The Balaban J connectivity index is 2.18. The number of aryl methyl sites for hydroxylation is 1. The summed E-state index contributed by atoms with van der Waals surface area (Å²) in [6, 6.07) is 7.37. The Morgan fingerprint density at radius 2 is 1.80 bits per heavy atom. The van der Waals surface area contributed by atoms with Crippen molar-refractivity contribution in [3.05, 3.63) is 64.5 Å². The highest BCUT2D eigenvalue weighted by Gasteiger charge is 2.33. The summed E-state index contributed by atoms with van der Waals surface area (Å²) in [5.74, 6) is -0.681. The van der Waals surface area contributed by atoms with Gasteiger partial charge in [0.05, 0.1) is 17.0 Å². The van der Waals surface area contributed by atoms with Gasteiger partial charge in [0.25, 0.3) is 0 Å². The van der Waals surface area contributed by atoms with Crippen molar-refractivity contribution in [2.45, 2.75) is 38.0 Å². The number of nitrogens with zero attached hydrogens (tertiary/aromatic N) is 1. The molecular weight excluding hydrogens is 422 g/mol. The van der Waals surface area contributed by atoms with Crippen molar-refractivity contribution < 1.29 is 26.0 Å². The fourth-order valence-electron chi connectivity index (χ4n) is 2.88. The van der Waals surface area contributed by atoms with Gasteiger partial charge < -0.3 is 10.6 Å². The molecule has 2 N–H and O–H groups in total. The summed E-state index contributed by atoms with van der Waals surface area (Å²) >= 11 is 0. The number of nitrogens with one attached hydrogen (secondary N) is 2. The van der Waals surface area contributed by atoms with Crippen LogP contribution in [0.4, 0.5) is 17.6 Å². The summed E-state index contributed by atoms with van der Waals surface area (Å²) in [5.41, 5.74) is 0.180. The molecular formula is C20H23F4N3O2S. The first-order valence-electron chi connectivity index (χ1n) is 9.09. The maximum Gasteiger partial charge on any atom is 0.416 e. The minimum atomic E-state index is -4.67. The van der Waals surface area contributed by atoms with Crippen LogP contribution in [0.1, 0.15) is 29.2 Å². The molecule has 0 bridgehead atoms. The standard InChI is InChI=1S/C20H23F4N3O2S/c1-4-25-19(26-11-14-5-8-18(13(2)9-14)30(3,28)29)27-12-15-6-7-16(21)10-17(15)20(22,23)24/h5-10H,4,11-12H2,1-3H3,(H2,25,26,27). The van der Waals surface area contributed by atoms with Gasteiger partial charge in [0, 0.05) is 19.3 Å². The molecule has 0 aliphatic carbocycles. The average molecular weight is 445 g/mol. The van der Waals surface area contributed by atoms with Crippen molar-refractivity contribution in [1.29, 1.82) is 0 Å². The Labute approximate surface area is 173 Å². The summed E-state index contributed by atoms with van der Waals surface area (Å²) in [4.78, 5) is 4.56. The number of hydrogen-bond donors (Lipinski definition) is 2. The zero-order valence-electron chi connectivity index (χ0n) is 16.8. The van der Waals surface area contributed by atoms with Gasteiger partial charge in [-0.15, -0.1) is 0 Å². The third-order valence-corrected chi connectivity index (χ3v) is 5.48. The first-order chi connectivity index (χ1) is 13.9. The van der Waals surface area contributed by atoms with E-state index in [1.165, 1.54) is 6.07 Å². The van der Waals surface area contributed by atoms with Crippen molar-refractivity contribution in [2.24, 2.45) is 4.99 Å². The molecule has 30 heavy (non-hydrogen) atoms.